The summed E-state index contributed by atoms with van der Waals surface area (Å²) >= 11 is 1.92. The highest BCUT2D eigenvalue weighted by Gasteiger charge is 2.10. The van der Waals surface area contributed by atoms with Crippen molar-refractivity contribution in [1.29, 1.82) is 0 Å². The van der Waals surface area contributed by atoms with Gasteiger partial charge in [0.15, 0.2) is 0 Å². The average molecular weight is 132 g/mol. The highest BCUT2D eigenvalue weighted by Crippen LogP contribution is 2.17. The van der Waals surface area contributed by atoms with Crippen molar-refractivity contribution in [2.24, 2.45) is 0 Å². The van der Waals surface area contributed by atoms with E-state index in [0.29, 0.717) is 0 Å². The summed E-state index contributed by atoms with van der Waals surface area (Å²) < 4.78 is 5.25. The van der Waals surface area contributed by atoms with Gasteiger partial charge in [-0.15, -0.1) is 0 Å². The Balaban J connectivity index is 2.13. The lowest BCUT2D eigenvalue weighted by atomic mass is 10.2. The van der Waals surface area contributed by atoms with Crippen LogP contribution in [0.2, 0.25) is 0 Å². The van der Waals surface area contributed by atoms with Gasteiger partial charge in [0, 0.05) is 11.9 Å². The molecule has 0 amide bonds. The van der Waals surface area contributed by atoms with Crippen LogP contribution >= 0.6 is 11.8 Å². The molecule has 0 aromatic rings. The summed E-state index contributed by atoms with van der Waals surface area (Å²) in [6, 6.07) is 0. The fourth-order valence-corrected chi connectivity index (χ4v) is 1.53. The van der Waals surface area contributed by atoms with Crippen LogP contribution in [0.15, 0.2) is 0 Å². The van der Waals surface area contributed by atoms with E-state index in [4.69, 9.17) is 4.74 Å². The summed E-state index contributed by atoms with van der Waals surface area (Å²) in [5.74, 6) is 0. The van der Waals surface area contributed by atoms with Gasteiger partial charge >= 0.3 is 0 Å². The zero-order valence-electron chi connectivity index (χ0n) is 5.22. The molecule has 0 unspecified atom stereocenters. The van der Waals surface area contributed by atoms with Crippen molar-refractivity contribution in [3.63, 3.8) is 0 Å². The number of hydrogen-bond donors (Lipinski definition) is 0. The minimum absolute atomic E-state index is 0.781. The van der Waals surface area contributed by atoms with Gasteiger partial charge in [-0.3, -0.25) is 0 Å². The topological polar surface area (TPSA) is 9.23 Å². The maximum atomic E-state index is 5.25. The van der Waals surface area contributed by atoms with Gasteiger partial charge in [-0.25, -0.2) is 0 Å². The standard InChI is InChI=1S/C6H12OS/c1-8-6-3-2-4-7-5-6/h6H,2-5H2,1H3/t6-/m1/s1. The maximum Gasteiger partial charge on any atom is 0.0584 e. The minimum atomic E-state index is 0.781. The lowest BCUT2D eigenvalue weighted by molar-refractivity contribution is 0.102. The Morgan fingerprint density at radius 1 is 1.62 bits per heavy atom. The largest absolute Gasteiger partial charge is 0.380 e. The second kappa shape index (κ2) is 3.36. The zero-order chi connectivity index (χ0) is 5.82. The highest BCUT2D eigenvalue weighted by molar-refractivity contribution is 7.99. The molecule has 1 atom stereocenters. The molecule has 0 bridgehead atoms. The Kier molecular flexibility index (Phi) is 2.70. The van der Waals surface area contributed by atoms with E-state index >= 15 is 0 Å². The Morgan fingerprint density at radius 3 is 2.88 bits per heavy atom. The molecular weight excluding hydrogens is 120 g/mol. The summed E-state index contributed by atoms with van der Waals surface area (Å²) in [5, 5.41) is 0.781. The molecule has 48 valence electrons. The van der Waals surface area contributed by atoms with Crippen LogP contribution in [-0.4, -0.2) is 24.7 Å². The van der Waals surface area contributed by atoms with Gasteiger partial charge in [0.25, 0.3) is 0 Å². The number of hydrogen-bond acceptors (Lipinski definition) is 2. The smallest absolute Gasteiger partial charge is 0.0584 e. The normalized spacial score (nSPS) is 30.4. The molecule has 1 heterocycles. The Hall–Kier alpha value is 0.310. The van der Waals surface area contributed by atoms with E-state index < -0.39 is 0 Å². The van der Waals surface area contributed by atoms with E-state index in [1.807, 2.05) is 11.8 Å². The van der Waals surface area contributed by atoms with Gasteiger partial charge in [-0.1, -0.05) is 0 Å². The summed E-state index contributed by atoms with van der Waals surface area (Å²) in [4.78, 5) is 0. The molecule has 0 aromatic carbocycles. The molecule has 0 aliphatic carbocycles. The quantitative estimate of drug-likeness (QED) is 0.535. The second-order valence-electron chi connectivity index (χ2n) is 2.07. The van der Waals surface area contributed by atoms with E-state index in [0.717, 1.165) is 18.5 Å². The third-order valence-corrected chi connectivity index (χ3v) is 2.49. The Labute approximate surface area is 54.8 Å². The Bertz CT molecular complexity index is 59.5. The first-order valence-electron chi connectivity index (χ1n) is 3.04. The summed E-state index contributed by atoms with van der Waals surface area (Å²) in [7, 11) is 0. The maximum absolute atomic E-state index is 5.25. The van der Waals surface area contributed by atoms with E-state index in [2.05, 4.69) is 6.26 Å². The van der Waals surface area contributed by atoms with Crippen molar-refractivity contribution >= 4 is 11.8 Å². The van der Waals surface area contributed by atoms with Gasteiger partial charge < -0.3 is 4.74 Å². The van der Waals surface area contributed by atoms with Crippen LogP contribution in [0.1, 0.15) is 12.8 Å². The zero-order valence-corrected chi connectivity index (χ0v) is 6.04. The number of ether oxygens (including phenoxy) is 1. The van der Waals surface area contributed by atoms with Gasteiger partial charge in [-0.2, -0.15) is 11.8 Å². The summed E-state index contributed by atoms with van der Waals surface area (Å²) in [6.45, 7) is 1.96. The van der Waals surface area contributed by atoms with E-state index in [-0.39, 0.29) is 0 Å². The molecule has 0 N–H and O–H groups in total. The van der Waals surface area contributed by atoms with Crippen molar-refractivity contribution < 1.29 is 4.74 Å². The Morgan fingerprint density at radius 2 is 2.50 bits per heavy atom. The molecule has 0 spiro atoms. The van der Waals surface area contributed by atoms with Crippen molar-refractivity contribution in [3.05, 3.63) is 0 Å². The molecule has 1 nitrogen and oxygen atoms in total. The van der Waals surface area contributed by atoms with Gasteiger partial charge in [0.05, 0.1) is 6.61 Å². The van der Waals surface area contributed by atoms with Crippen LogP contribution in [0.4, 0.5) is 0 Å². The molecule has 0 radical (unpaired) electrons. The molecule has 1 fully saturated rings. The monoisotopic (exact) mass is 132 g/mol. The van der Waals surface area contributed by atoms with Gasteiger partial charge in [0.2, 0.25) is 0 Å². The SMILES string of the molecule is CS[C@@H]1CCCOC1. The number of rotatable bonds is 1. The molecule has 1 rings (SSSR count). The van der Waals surface area contributed by atoms with Crippen LogP contribution in [0.25, 0.3) is 0 Å². The third-order valence-electron chi connectivity index (χ3n) is 1.45. The number of thioether (sulfide) groups is 1. The fraction of sp³-hybridized carbons (Fsp3) is 1.00. The van der Waals surface area contributed by atoms with Crippen molar-refractivity contribution in [1.82, 2.24) is 0 Å². The lowest BCUT2D eigenvalue weighted by Crippen LogP contribution is -2.18. The van der Waals surface area contributed by atoms with Crippen LogP contribution in [0.3, 0.4) is 0 Å². The predicted octanol–water partition coefficient (Wildman–Crippen LogP) is 1.53. The van der Waals surface area contributed by atoms with Crippen molar-refractivity contribution in [3.8, 4) is 0 Å². The van der Waals surface area contributed by atoms with Crippen LogP contribution in [0, 0.1) is 0 Å². The van der Waals surface area contributed by atoms with E-state index in [1.165, 1.54) is 12.8 Å². The third kappa shape index (κ3) is 1.67. The van der Waals surface area contributed by atoms with E-state index in [1.54, 1.807) is 0 Å². The molecule has 1 saturated heterocycles. The summed E-state index contributed by atoms with van der Waals surface area (Å²) in [5.41, 5.74) is 0. The first-order chi connectivity index (χ1) is 3.93. The fourth-order valence-electron chi connectivity index (χ4n) is 0.897. The lowest BCUT2D eigenvalue weighted by Gasteiger charge is -2.19. The van der Waals surface area contributed by atoms with Crippen LogP contribution in [0.5, 0.6) is 0 Å². The molecule has 0 saturated carbocycles. The molecule has 2 heteroatoms. The minimum Gasteiger partial charge on any atom is -0.380 e. The predicted molar refractivity (Wildman–Crippen MR) is 37.4 cm³/mol. The van der Waals surface area contributed by atoms with Crippen LogP contribution in [-0.2, 0) is 4.74 Å². The van der Waals surface area contributed by atoms with Crippen molar-refractivity contribution in [2.45, 2.75) is 18.1 Å². The molecule has 1 aliphatic rings. The van der Waals surface area contributed by atoms with E-state index in [9.17, 15) is 0 Å². The molecule has 8 heavy (non-hydrogen) atoms. The summed E-state index contributed by atoms with van der Waals surface area (Å²) in [6.07, 6.45) is 4.76. The molecular formula is C6H12OS. The average Bonchev–Trinajstić information content (AvgIpc) is 1.90. The first-order valence-corrected chi connectivity index (χ1v) is 4.33. The first kappa shape index (κ1) is 6.43. The van der Waals surface area contributed by atoms with Gasteiger partial charge in [0.1, 0.15) is 0 Å². The molecule has 0 aromatic heterocycles. The highest BCUT2D eigenvalue weighted by atomic mass is 32.2. The van der Waals surface area contributed by atoms with Crippen LogP contribution < -0.4 is 0 Å². The van der Waals surface area contributed by atoms with Gasteiger partial charge in [-0.05, 0) is 19.1 Å². The van der Waals surface area contributed by atoms with Crippen molar-refractivity contribution in [2.75, 3.05) is 19.5 Å². The molecule has 1 aliphatic heterocycles. The second-order valence-corrected chi connectivity index (χ2v) is 3.21.